The summed E-state index contributed by atoms with van der Waals surface area (Å²) in [6.07, 6.45) is -4.18. The molecule has 0 saturated heterocycles. The van der Waals surface area contributed by atoms with E-state index in [1.807, 2.05) is 0 Å². The first-order valence-electron chi connectivity index (χ1n) is 10.9. The van der Waals surface area contributed by atoms with E-state index in [0.717, 1.165) is 30.5 Å². The Morgan fingerprint density at radius 1 is 1.05 bits per heavy atom. The van der Waals surface area contributed by atoms with Crippen molar-refractivity contribution >= 4 is 32.5 Å². The van der Waals surface area contributed by atoms with Gasteiger partial charge in [-0.2, -0.15) is 13.2 Å². The molecule has 37 heavy (non-hydrogen) atoms. The van der Waals surface area contributed by atoms with Crippen molar-refractivity contribution in [1.29, 1.82) is 0 Å². The molecule has 0 aliphatic heterocycles. The number of alkyl halides is 3. The van der Waals surface area contributed by atoms with E-state index in [1.54, 1.807) is 6.92 Å². The van der Waals surface area contributed by atoms with Crippen molar-refractivity contribution in [3.8, 4) is 0 Å². The third-order valence-corrected chi connectivity index (χ3v) is 6.95. The first-order valence-corrected chi connectivity index (χ1v) is 12.8. The molecule has 0 bridgehead atoms. The zero-order valence-corrected chi connectivity index (χ0v) is 20.4. The molecular weight excluding hydrogens is 514 g/mol. The number of amides is 1. The second kappa shape index (κ2) is 9.27. The van der Waals surface area contributed by atoms with Crippen LogP contribution in [0.3, 0.4) is 0 Å². The molecule has 1 heterocycles. The van der Waals surface area contributed by atoms with Crippen LogP contribution >= 0.6 is 0 Å². The molecule has 4 rings (SSSR count). The summed E-state index contributed by atoms with van der Waals surface area (Å²) in [4.78, 5) is 16.9. The largest absolute Gasteiger partial charge is 0.428 e. The van der Waals surface area contributed by atoms with Gasteiger partial charge >= 0.3 is 6.18 Å². The number of halogens is 4. The van der Waals surface area contributed by atoms with Gasteiger partial charge < -0.3 is 15.0 Å². The van der Waals surface area contributed by atoms with Crippen LogP contribution in [-0.4, -0.2) is 41.4 Å². The van der Waals surface area contributed by atoms with E-state index < -0.39 is 44.7 Å². The Balaban J connectivity index is 1.78. The fourth-order valence-electron chi connectivity index (χ4n) is 3.99. The van der Waals surface area contributed by atoms with Crippen LogP contribution in [0, 0.1) is 5.82 Å². The summed E-state index contributed by atoms with van der Waals surface area (Å²) >= 11 is 0. The average Bonchev–Trinajstić information content (AvgIpc) is 3.21. The van der Waals surface area contributed by atoms with Crippen LogP contribution in [0.5, 0.6) is 0 Å². The number of sulfone groups is 1. The number of carbonyl (C=O) groups is 1. The van der Waals surface area contributed by atoms with Gasteiger partial charge in [0, 0.05) is 29.6 Å². The Morgan fingerprint density at radius 2 is 1.73 bits per heavy atom. The number of hydrogen-bond donors (Lipinski definition) is 2. The SMILES string of the molecule is CCn1c(C(O)(c2ccc(F)cc2)C(F)(F)F)nc2cc(C(=O)Nc3cccc(S(C)(=O)=O)c3)ccc21. The number of benzene rings is 3. The van der Waals surface area contributed by atoms with Crippen LogP contribution in [-0.2, 0) is 22.0 Å². The molecule has 12 heteroatoms. The van der Waals surface area contributed by atoms with Gasteiger partial charge in [0.15, 0.2) is 15.7 Å². The minimum Gasteiger partial charge on any atom is -0.370 e. The second-order valence-corrected chi connectivity index (χ2v) is 10.4. The van der Waals surface area contributed by atoms with Crippen LogP contribution in [0.4, 0.5) is 23.2 Å². The minimum atomic E-state index is -5.20. The Kier molecular flexibility index (Phi) is 6.59. The van der Waals surface area contributed by atoms with Gasteiger partial charge in [-0.1, -0.05) is 18.2 Å². The first kappa shape index (κ1) is 26.3. The molecule has 194 valence electrons. The van der Waals surface area contributed by atoms with E-state index in [9.17, 15) is 35.9 Å². The molecule has 0 radical (unpaired) electrons. The van der Waals surface area contributed by atoms with Gasteiger partial charge in [0.2, 0.25) is 5.60 Å². The van der Waals surface area contributed by atoms with E-state index in [2.05, 4.69) is 10.3 Å². The van der Waals surface area contributed by atoms with E-state index >= 15 is 0 Å². The van der Waals surface area contributed by atoms with Gasteiger partial charge in [0.05, 0.1) is 15.9 Å². The maximum Gasteiger partial charge on any atom is 0.428 e. The molecule has 4 aromatic rings. The summed E-state index contributed by atoms with van der Waals surface area (Å²) in [5, 5.41) is 13.6. The number of rotatable bonds is 6. The lowest BCUT2D eigenvalue weighted by atomic mass is 9.92. The molecule has 0 aliphatic rings. The maximum atomic E-state index is 14.3. The first-order chi connectivity index (χ1) is 17.3. The molecule has 0 aliphatic carbocycles. The van der Waals surface area contributed by atoms with Crippen molar-refractivity contribution in [3.05, 3.63) is 89.5 Å². The molecule has 1 unspecified atom stereocenters. The lowest BCUT2D eigenvalue weighted by molar-refractivity contribution is -0.252. The molecule has 1 atom stereocenters. The fraction of sp³-hybridized carbons (Fsp3) is 0.200. The number of imidazole rings is 1. The molecule has 1 aromatic heterocycles. The van der Waals surface area contributed by atoms with Crippen molar-refractivity contribution in [2.24, 2.45) is 0 Å². The van der Waals surface area contributed by atoms with Crippen LogP contribution < -0.4 is 5.32 Å². The number of nitrogens with one attached hydrogen (secondary N) is 1. The number of hydrogen-bond acceptors (Lipinski definition) is 5. The molecule has 0 spiro atoms. The van der Waals surface area contributed by atoms with Gasteiger partial charge in [0.1, 0.15) is 5.82 Å². The van der Waals surface area contributed by atoms with Crippen LogP contribution in [0.2, 0.25) is 0 Å². The van der Waals surface area contributed by atoms with E-state index in [-0.39, 0.29) is 33.7 Å². The smallest absolute Gasteiger partial charge is 0.370 e. The summed E-state index contributed by atoms with van der Waals surface area (Å²) in [7, 11) is -3.51. The molecule has 2 N–H and O–H groups in total. The van der Waals surface area contributed by atoms with Crippen molar-refractivity contribution in [2.45, 2.75) is 30.1 Å². The molecule has 3 aromatic carbocycles. The Morgan fingerprint density at radius 3 is 2.32 bits per heavy atom. The number of aliphatic hydroxyl groups is 1. The molecule has 0 saturated carbocycles. The second-order valence-electron chi connectivity index (χ2n) is 8.35. The highest BCUT2D eigenvalue weighted by atomic mass is 32.2. The Labute approximate surface area is 209 Å². The highest BCUT2D eigenvalue weighted by Crippen LogP contribution is 2.44. The summed E-state index contributed by atoms with van der Waals surface area (Å²) in [6.45, 7) is 1.58. The highest BCUT2D eigenvalue weighted by molar-refractivity contribution is 7.90. The standard InChI is InChI=1S/C25H21F4N3O4S/c1-3-32-21-12-7-15(22(33)30-18-5-4-6-19(14-18)37(2,35)36)13-20(21)31-23(32)24(34,25(27,28)29)16-8-10-17(26)11-9-16/h4-14,34H,3H2,1-2H3,(H,30,33). The molecule has 0 fully saturated rings. The minimum absolute atomic E-state index is 0.000637. The van der Waals surface area contributed by atoms with Gasteiger partial charge in [-0.25, -0.2) is 17.8 Å². The monoisotopic (exact) mass is 535 g/mol. The molecule has 1 amide bonds. The van der Waals surface area contributed by atoms with Crippen molar-refractivity contribution in [1.82, 2.24) is 9.55 Å². The summed E-state index contributed by atoms with van der Waals surface area (Å²) < 4.78 is 81.0. The number of aryl methyl sites for hydroxylation is 1. The predicted octanol–water partition coefficient (Wildman–Crippen LogP) is 4.65. The molecular formula is C25H21F4N3O4S. The van der Waals surface area contributed by atoms with Crippen LogP contribution in [0.1, 0.15) is 28.7 Å². The summed E-state index contributed by atoms with van der Waals surface area (Å²) in [5.74, 6) is -2.15. The van der Waals surface area contributed by atoms with Gasteiger partial charge in [-0.15, -0.1) is 0 Å². The van der Waals surface area contributed by atoms with Crippen LogP contribution in [0.25, 0.3) is 11.0 Å². The fourth-order valence-corrected chi connectivity index (χ4v) is 4.65. The average molecular weight is 536 g/mol. The summed E-state index contributed by atoms with van der Waals surface area (Å²) in [6, 6.07) is 12.9. The Bertz CT molecular complexity index is 1600. The quantitative estimate of drug-likeness (QED) is 0.350. The van der Waals surface area contributed by atoms with Gasteiger partial charge in [0.25, 0.3) is 5.91 Å². The number of fused-ring (bicyclic) bond motifs is 1. The lowest BCUT2D eigenvalue weighted by Gasteiger charge is -2.30. The van der Waals surface area contributed by atoms with Crippen molar-refractivity contribution in [3.63, 3.8) is 0 Å². The predicted molar refractivity (Wildman–Crippen MR) is 128 cm³/mol. The highest BCUT2D eigenvalue weighted by Gasteiger charge is 2.59. The maximum absolute atomic E-state index is 14.3. The summed E-state index contributed by atoms with van der Waals surface area (Å²) in [5.41, 5.74) is -3.67. The lowest BCUT2D eigenvalue weighted by Crippen LogP contribution is -2.45. The molecule has 7 nitrogen and oxygen atoms in total. The van der Waals surface area contributed by atoms with Crippen LogP contribution in [0.15, 0.2) is 71.6 Å². The number of aromatic nitrogens is 2. The van der Waals surface area contributed by atoms with E-state index in [1.165, 1.54) is 47.0 Å². The van der Waals surface area contributed by atoms with Crippen molar-refractivity contribution < 1.29 is 35.9 Å². The van der Waals surface area contributed by atoms with E-state index in [0.29, 0.717) is 0 Å². The Hall–Kier alpha value is -3.77. The third kappa shape index (κ3) is 4.81. The zero-order chi connectivity index (χ0) is 27.2. The van der Waals surface area contributed by atoms with Gasteiger partial charge in [-0.3, -0.25) is 4.79 Å². The van der Waals surface area contributed by atoms with Gasteiger partial charge in [-0.05, 0) is 55.5 Å². The number of carbonyl (C=O) groups excluding carboxylic acids is 1. The van der Waals surface area contributed by atoms with E-state index in [4.69, 9.17) is 0 Å². The van der Waals surface area contributed by atoms with Crippen molar-refractivity contribution in [2.75, 3.05) is 11.6 Å². The normalized spacial score (nSPS) is 13.9. The zero-order valence-electron chi connectivity index (χ0n) is 19.5. The number of anilines is 1. The topological polar surface area (TPSA) is 101 Å². The third-order valence-electron chi connectivity index (χ3n) is 5.84. The number of nitrogens with zero attached hydrogens (tertiary/aromatic N) is 2.